The van der Waals surface area contributed by atoms with Gasteiger partial charge in [-0.15, -0.1) is 0 Å². The fourth-order valence-corrected chi connectivity index (χ4v) is 6.25. The van der Waals surface area contributed by atoms with Crippen LogP contribution in [0.5, 0.6) is 0 Å². The first kappa shape index (κ1) is 31.3. The molecule has 7 heteroatoms. The van der Waals surface area contributed by atoms with Gasteiger partial charge >= 0.3 is 0 Å². The molecule has 0 bridgehead atoms. The highest BCUT2D eigenvalue weighted by atomic mass is 19.1. The van der Waals surface area contributed by atoms with E-state index < -0.39 is 5.79 Å². The van der Waals surface area contributed by atoms with Crippen LogP contribution in [0.15, 0.2) is 42.5 Å². The number of nitrogens with zero attached hydrogens (tertiary/aromatic N) is 3. The maximum absolute atomic E-state index is 14.1. The van der Waals surface area contributed by atoms with E-state index in [1.807, 2.05) is 26.0 Å². The van der Waals surface area contributed by atoms with Crippen LogP contribution in [0, 0.1) is 5.82 Å². The first-order chi connectivity index (χ1) is 20.5. The molecule has 2 aliphatic rings. The third-order valence-electron chi connectivity index (χ3n) is 8.29. The Labute approximate surface area is 256 Å². The molecule has 1 aliphatic carbocycles. The molecule has 1 N–H and O–H groups in total. The maximum atomic E-state index is 14.1. The van der Waals surface area contributed by atoms with Crippen molar-refractivity contribution < 1.29 is 13.9 Å². The molecule has 1 fully saturated rings. The minimum atomic E-state index is -0.641. The molecule has 3 aromatic rings. The monoisotopic (exact) mass is 586 g/mol. The van der Waals surface area contributed by atoms with Crippen LogP contribution in [-0.2, 0) is 22.3 Å². The fourth-order valence-electron chi connectivity index (χ4n) is 6.25. The number of hydrogen-bond donors (Lipinski definition) is 1. The molecule has 6 nitrogen and oxygen atoms in total. The fraction of sp³-hybridized carbons (Fsp3) is 0.500. The smallest absolute Gasteiger partial charge is 0.163 e. The average Bonchev–Trinajstić information content (AvgIpc) is 3.13. The van der Waals surface area contributed by atoms with Crippen molar-refractivity contribution in [3.05, 3.63) is 70.8 Å². The third kappa shape index (κ3) is 7.34. The van der Waals surface area contributed by atoms with Crippen molar-refractivity contribution in [2.24, 2.45) is 0 Å². The minimum Gasteiger partial charge on any atom is -0.369 e. The lowest BCUT2D eigenvalue weighted by molar-refractivity contribution is -0.290. The van der Waals surface area contributed by atoms with Gasteiger partial charge in [-0.2, -0.15) is 0 Å². The highest BCUT2D eigenvalue weighted by molar-refractivity contribution is 5.85. The summed E-state index contributed by atoms with van der Waals surface area (Å²) in [7, 11) is 4.14. The van der Waals surface area contributed by atoms with E-state index in [9.17, 15) is 4.39 Å². The summed E-state index contributed by atoms with van der Waals surface area (Å²) in [6.45, 7) is 12.3. The number of rotatable bonds is 9. The van der Waals surface area contributed by atoms with Gasteiger partial charge < -0.3 is 19.7 Å². The van der Waals surface area contributed by atoms with Crippen molar-refractivity contribution in [1.82, 2.24) is 14.9 Å². The number of aryl methyl sites for hydroxylation is 1. The lowest BCUT2D eigenvalue weighted by Crippen LogP contribution is -2.43. The summed E-state index contributed by atoms with van der Waals surface area (Å²) >= 11 is 0. The van der Waals surface area contributed by atoms with Gasteiger partial charge in [-0.25, -0.2) is 9.37 Å². The number of anilines is 1. The van der Waals surface area contributed by atoms with E-state index in [0.29, 0.717) is 0 Å². The molecular weight excluding hydrogens is 539 g/mol. The predicted octanol–water partition coefficient (Wildman–Crippen LogP) is 7.87. The van der Waals surface area contributed by atoms with Crippen LogP contribution in [0.3, 0.4) is 0 Å². The normalized spacial score (nSPS) is 19.9. The molecule has 43 heavy (non-hydrogen) atoms. The van der Waals surface area contributed by atoms with Gasteiger partial charge in [0.1, 0.15) is 11.6 Å². The first-order valence-corrected chi connectivity index (χ1v) is 15.8. The van der Waals surface area contributed by atoms with E-state index in [1.165, 1.54) is 5.56 Å². The Morgan fingerprint density at radius 2 is 1.84 bits per heavy atom. The molecule has 2 aromatic heterocycles. The zero-order valence-corrected chi connectivity index (χ0v) is 26.8. The van der Waals surface area contributed by atoms with Crippen molar-refractivity contribution in [1.29, 1.82) is 0 Å². The highest BCUT2D eigenvalue weighted by Gasteiger charge is 2.34. The van der Waals surface area contributed by atoms with Crippen LogP contribution in [0.4, 0.5) is 10.2 Å². The molecule has 1 saturated heterocycles. The lowest BCUT2D eigenvalue weighted by atomic mass is 9.86. The summed E-state index contributed by atoms with van der Waals surface area (Å²) in [5.74, 6) is 0.192. The number of pyridine rings is 2. The van der Waals surface area contributed by atoms with Gasteiger partial charge in [-0.05, 0) is 100 Å². The van der Waals surface area contributed by atoms with E-state index in [2.05, 4.69) is 69.4 Å². The Balaban J connectivity index is 1.64. The molecular formula is C36H47FN4O2. The van der Waals surface area contributed by atoms with E-state index in [1.54, 1.807) is 12.1 Å². The second-order valence-electron chi connectivity index (χ2n) is 12.8. The summed E-state index contributed by atoms with van der Waals surface area (Å²) in [6.07, 6.45) is 8.90. The number of halogens is 1. The van der Waals surface area contributed by atoms with Gasteiger partial charge in [0.25, 0.3) is 0 Å². The molecule has 0 amide bonds. The number of aromatic nitrogens is 2. The average molecular weight is 587 g/mol. The molecule has 0 radical (unpaired) electrons. The number of likely N-dealkylation sites (N-methyl/N-ethyl adjacent to an activating group) is 1. The molecule has 2 atom stereocenters. The summed E-state index contributed by atoms with van der Waals surface area (Å²) in [6, 6.07) is 11.1. The van der Waals surface area contributed by atoms with Gasteiger partial charge in [0.05, 0.1) is 29.3 Å². The molecule has 5 rings (SSSR count). The van der Waals surface area contributed by atoms with Crippen molar-refractivity contribution in [3.63, 3.8) is 0 Å². The Bertz CT molecular complexity index is 1450. The van der Waals surface area contributed by atoms with Gasteiger partial charge in [-0.1, -0.05) is 45.1 Å². The Morgan fingerprint density at radius 1 is 1.07 bits per heavy atom. The topological polar surface area (TPSA) is 59.5 Å². The molecule has 0 saturated carbocycles. The predicted molar refractivity (Wildman–Crippen MR) is 174 cm³/mol. The van der Waals surface area contributed by atoms with Gasteiger partial charge in [0.15, 0.2) is 5.79 Å². The maximum Gasteiger partial charge on any atom is 0.163 e. The molecule has 0 spiro atoms. The van der Waals surface area contributed by atoms with E-state index in [-0.39, 0.29) is 23.9 Å². The summed E-state index contributed by atoms with van der Waals surface area (Å²) < 4.78 is 26.6. The molecule has 1 aliphatic heterocycles. The Morgan fingerprint density at radius 3 is 2.53 bits per heavy atom. The zero-order chi connectivity index (χ0) is 30.7. The SMILES string of the molecule is CC[C@H]1C[C@@H](/C=C/c2c(C(C)C)nc3c(c2-c2ccc(F)cc2)CCCc2nc(NCCN(C)C)ccc2-3)OC(C)(C)O1. The van der Waals surface area contributed by atoms with Crippen LogP contribution < -0.4 is 5.32 Å². The van der Waals surface area contributed by atoms with Gasteiger partial charge in [-0.3, -0.25) is 4.98 Å². The van der Waals surface area contributed by atoms with Crippen LogP contribution in [0.2, 0.25) is 0 Å². The molecule has 1 aromatic carbocycles. The largest absolute Gasteiger partial charge is 0.369 e. The first-order valence-electron chi connectivity index (χ1n) is 15.8. The van der Waals surface area contributed by atoms with Gasteiger partial charge in [0.2, 0.25) is 0 Å². The van der Waals surface area contributed by atoms with E-state index in [0.717, 1.165) is 90.3 Å². The summed E-state index contributed by atoms with van der Waals surface area (Å²) in [4.78, 5) is 12.6. The van der Waals surface area contributed by atoms with E-state index in [4.69, 9.17) is 19.4 Å². The second-order valence-corrected chi connectivity index (χ2v) is 12.8. The number of ether oxygens (including phenoxy) is 2. The number of benzene rings is 1. The van der Waals surface area contributed by atoms with Crippen LogP contribution >= 0.6 is 0 Å². The van der Waals surface area contributed by atoms with Crippen LogP contribution in [-0.4, -0.2) is 60.0 Å². The number of fused-ring (bicyclic) bond motifs is 3. The molecule has 3 heterocycles. The number of nitrogens with one attached hydrogen (secondary N) is 1. The number of hydrogen-bond acceptors (Lipinski definition) is 6. The highest BCUT2D eigenvalue weighted by Crippen LogP contribution is 2.42. The second kappa shape index (κ2) is 13.2. The Kier molecular flexibility index (Phi) is 9.64. The summed E-state index contributed by atoms with van der Waals surface area (Å²) in [5, 5.41) is 3.47. The minimum absolute atomic E-state index is 0.0723. The zero-order valence-electron chi connectivity index (χ0n) is 26.8. The Hall–Kier alpha value is -3.13. The van der Waals surface area contributed by atoms with Crippen molar-refractivity contribution in [2.75, 3.05) is 32.5 Å². The molecule has 230 valence electrons. The van der Waals surface area contributed by atoms with Gasteiger partial charge in [0, 0.05) is 30.6 Å². The summed E-state index contributed by atoms with van der Waals surface area (Å²) in [5.41, 5.74) is 8.59. The lowest BCUT2D eigenvalue weighted by Gasteiger charge is -2.39. The molecule has 0 unspecified atom stereocenters. The van der Waals surface area contributed by atoms with Crippen molar-refractivity contribution in [3.8, 4) is 22.4 Å². The van der Waals surface area contributed by atoms with Crippen LogP contribution in [0.25, 0.3) is 28.5 Å². The quantitative estimate of drug-likeness (QED) is 0.275. The van der Waals surface area contributed by atoms with Crippen molar-refractivity contribution in [2.45, 2.75) is 90.6 Å². The van der Waals surface area contributed by atoms with Crippen molar-refractivity contribution >= 4 is 11.9 Å². The standard InChI is InChI=1S/C36H47FN4O2/c1-8-26-22-27(43-36(4,5)42-26)16-17-30-33(24-12-14-25(37)15-13-24)29-10-9-11-31-28(35(29)40-34(30)23(2)3)18-19-32(39-31)38-20-21-41(6)7/h12-19,23,26-27H,8-11,20-22H2,1-7H3,(H,38,39)/b17-16+/t26-,27+/m0/s1. The van der Waals surface area contributed by atoms with E-state index >= 15 is 0 Å². The third-order valence-corrected chi connectivity index (χ3v) is 8.29. The van der Waals surface area contributed by atoms with Crippen LogP contribution in [0.1, 0.15) is 82.3 Å².